The lowest BCUT2D eigenvalue weighted by molar-refractivity contribution is 0.0992. The SMILES string of the molecule is CN(C(=O)c1cnc(Nc2ccc(F)c(F)c2F)nc1)c1ccccc1. The van der Waals surface area contributed by atoms with Crippen LogP contribution >= 0.6 is 0 Å². The van der Waals surface area contributed by atoms with E-state index >= 15 is 0 Å². The van der Waals surface area contributed by atoms with Crippen LogP contribution in [-0.2, 0) is 0 Å². The molecule has 1 heterocycles. The highest BCUT2D eigenvalue weighted by atomic mass is 19.2. The topological polar surface area (TPSA) is 58.1 Å². The van der Waals surface area contributed by atoms with Gasteiger partial charge in [-0.1, -0.05) is 18.2 Å². The number of nitrogens with one attached hydrogen (secondary N) is 1. The molecule has 0 aliphatic carbocycles. The molecular weight excluding hydrogens is 345 g/mol. The Morgan fingerprint density at radius 1 is 0.962 bits per heavy atom. The number of hydrogen-bond donors (Lipinski definition) is 1. The van der Waals surface area contributed by atoms with Crippen LogP contribution in [0.2, 0.25) is 0 Å². The summed E-state index contributed by atoms with van der Waals surface area (Å²) >= 11 is 0. The molecule has 1 aromatic heterocycles. The maximum Gasteiger partial charge on any atom is 0.261 e. The van der Waals surface area contributed by atoms with Crippen molar-refractivity contribution in [3.63, 3.8) is 0 Å². The first-order valence-electron chi connectivity index (χ1n) is 7.53. The molecule has 3 rings (SSSR count). The fraction of sp³-hybridized carbons (Fsp3) is 0.0556. The van der Waals surface area contributed by atoms with Crippen LogP contribution in [0, 0.1) is 17.5 Å². The van der Waals surface area contributed by atoms with Gasteiger partial charge in [0, 0.05) is 25.1 Å². The van der Waals surface area contributed by atoms with E-state index in [9.17, 15) is 18.0 Å². The number of para-hydroxylation sites is 1. The normalized spacial score (nSPS) is 10.5. The van der Waals surface area contributed by atoms with Crippen molar-refractivity contribution >= 4 is 23.2 Å². The minimum absolute atomic E-state index is 0.0613. The third kappa shape index (κ3) is 3.49. The third-order valence-electron chi connectivity index (χ3n) is 3.63. The number of rotatable bonds is 4. The van der Waals surface area contributed by atoms with Crippen molar-refractivity contribution in [2.45, 2.75) is 0 Å². The van der Waals surface area contributed by atoms with E-state index in [2.05, 4.69) is 15.3 Å². The molecule has 132 valence electrons. The van der Waals surface area contributed by atoms with Gasteiger partial charge in [0.2, 0.25) is 5.95 Å². The van der Waals surface area contributed by atoms with Crippen LogP contribution in [0.4, 0.5) is 30.5 Å². The summed E-state index contributed by atoms with van der Waals surface area (Å²) < 4.78 is 39.8. The quantitative estimate of drug-likeness (QED) is 0.719. The van der Waals surface area contributed by atoms with E-state index in [1.54, 1.807) is 31.3 Å². The standard InChI is InChI=1S/C18H13F3N4O/c1-25(12-5-3-2-4-6-12)17(26)11-9-22-18(23-10-11)24-14-8-7-13(19)15(20)16(14)21/h2-10H,1H3,(H,22,23,24). The molecule has 5 nitrogen and oxygen atoms in total. The molecule has 0 bridgehead atoms. The largest absolute Gasteiger partial charge is 0.322 e. The Hall–Kier alpha value is -3.42. The lowest BCUT2D eigenvalue weighted by atomic mass is 10.2. The zero-order valence-corrected chi connectivity index (χ0v) is 13.6. The molecule has 1 N–H and O–H groups in total. The van der Waals surface area contributed by atoms with Gasteiger partial charge >= 0.3 is 0 Å². The van der Waals surface area contributed by atoms with Crippen LogP contribution in [0.15, 0.2) is 54.9 Å². The number of amides is 1. The van der Waals surface area contributed by atoms with E-state index in [1.807, 2.05) is 6.07 Å². The minimum Gasteiger partial charge on any atom is -0.322 e. The molecule has 0 spiro atoms. The van der Waals surface area contributed by atoms with E-state index in [-0.39, 0.29) is 23.1 Å². The third-order valence-corrected chi connectivity index (χ3v) is 3.63. The van der Waals surface area contributed by atoms with E-state index in [4.69, 9.17) is 0 Å². The molecule has 0 radical (unpaired) electrons. The van der Waals surface area contributed by atoms with Gasteiger partial charge in [0.25, 0.3) is 5.91 Å². The number of benzene rings is 2. The molecule has 0 unspecified atom stereocenters. The average molecular weight is 358 g/mol. The highest BCUT2D eigenvalue weighted by Crippen LogP contribution is 2.22. The van der Waals surface area contributed by atoms with Crippen molar-refractivity contribution in [3.8, 4) is 0 Å². The highest BCUT2D eigenvalue weighted by molar-refractivity contribution is 6.05. The number of aromatic nitrogens is 2. The first kappa shape index (κ1) is 17.4. The van der Waals surface area contributed by atoms with E-state index < -0.39 is 17.5 Å². The highest BCUT2D eigenvalue weighted by Gasteiger charge is 2.16. The van der Waals surface area contributed by atoms with Crippen molar-refractivity contribution in [1.29, 1.82) is 0 Å². The maximum absolute atomic E-state index is 13.7. The summed E-state index contributed by atoms with van der Waals surface area (Å²) in [6, 6.07) is 10.8. The molecule has 0 fully saturated rings. The molecule has 26 heavy (non-hydrogen) atoms. The lowest BCUT2D eigenvalue weighted by Crippen LogP contribution is -2.26. The Morgan fingerprint density at radius 3 is 2.27 bits per heavy atom. The van der Waals surface area contributed by atoms with Crippen LogP contribution in [0.1, 0.15) is 10.4 Å². The van der Waals surface area contributed by atoms with E-state index in [0.29, 0.717) is 5.69 Å². The summed E-state index contributed by atoms with van der Waals surface area (Å²) in [4.78, 5) is 21.7. The molecule has 8 heteroatoms. The molecule has 1 amide bonds. The Kier molecular flexibility index (Phi) is 4.83. The van der Waals surface area contributed by atoms with Crippen LogP contribution in [0.25, 0.3) is 0 Å². The second-order valence-corrected chi connectivity index (χ2v) is 5.34. The van der Waals surface area contributed by atoms with E-state index in [1.165, 1.54) is 17.3 Å². The van der Waals surface area contributed by atoms with Gasteiger partial charge in [-0.15, -0.1) is 0 Å². The van der Waals surface area contributed by atoms with Gasteiger partial charge in [-0.2, -0.15) is 0 Å². The molecule has 0 saturated carbocycles. The van der Waals surface area contributed by atoms with Gasteiger partial charge in [-0.05, 0) is 24.3 Å². The van der Waals surface area contributed by atoms with Crippen molar-refractivity contribution < 1.29 is 18.0 Å². The fourth-order valence-electron chi connectivity index (χ4n) is 2.21. The van der Waals surface area contributed by atoms with Crippen LogP contribution in [0.5, 0.6) is 0 Å². The van der Waals surface area contributed by atoms with Crippen LogP contribution in [-0.4, -0.2) is 22.9 Å². The van der Waals surface area contributed by atoms with Gasteiger partial charge in [-0.25, -0.2) is 23.1 Å². The lowest BCUT2D eigenvalue weighted by Gasteiger charge is -2.17. The molecule has 0 saturated heterocycles. The monoisotopic (exact) mass is 358 g/mol. The summed E-state index contributed by atoms with van der Waals surface area (Å²) in [6.07, 6.45) is 2.52. The molecule has 0 aliphatic heterocycles. The maximum atomic E-state index is 13.7. The zero-order chi connectivity index (χ0) is 18.7. The number of hydrogen-bond acceptors (Lipinski definition) is 4. The number of halogens is 3. The van der Waals surface area contributed by atoms with Crippen molar-refractivity contribution in [1.82, 2.24) is 9.97 Å². The smallest absolute Gasteiger partial charge is 0.261 e. The van der Waals surface area contributed by atoms with Crippen LogP contribution in [0.3, 0.4) is 0 Å². The first-order chi connectivity index (χ1) is 12.5. The van der Waals surface area contributed by atoms with Gasteiger partial charge in [0.1, 0.15) is 0 Å². The van der Waals surface area contributed by atoms with Gasteiger partial charge in [-0.3, -0.25) is 4.79 Å². The van der Waals surface area contributed by atoms with Gasteiger partial charge in [0.15, 0.2) is 17.5 Å². The van der Waals surface area contributed by atoms with Crippen LogP contribution < -0.4 is 10.2 Å². The predicted molar refractivity (Wildman–Crippen MR) is 90.8 cm³/mol. The molecule has 2 aromatic carbocycles. The Labute approximate surface area is 147 Å². The minimum atomic E-state index is -1.59. The second-order valence-electron chi connectivity index (χ2n) is 5.34. The van der Waals surface area contributed by atoms with Gasteiger partial charge < -0.3 is 10.2 Å². The summed E-state index contributed by atoms with van der Waals surface area (Å²) in [5, 5.41) is 2.44. The molecule has 3 aromatic rings. The summed E-state index contributed by atoms with van der Waals surface area (Å²) in [6.45, 7) is 0. The van der Waals surface area contributed by atoms with Crippen molar-refractivity contribution in [2.75, 3.05) is 17.3 Å². The summed E-state index contributed by atoms with van der Waals surface area (Å²) in [5.74, 6) is -4.65. The number of nitrogens with zero attached hydrogens (tertiary/aromatic N) is 3. The molecule has 0 atom stereocenters. The predicted octanol–water partition coefficient (Wildman–Crippen LogP) is 3.91. The number of carbonyl (C=O) groups is 1. The number of anilines is 3. The summed E-state index contributed by atoms with van der Waals surface area (Å²) in [7, 11) is 1.61. The Bertz CT molecular complexity index is 933. The molecule has 0 aliphatic rings. The van der Waals surface area contributed by atoms with Gasteiger partial charge in [0.05, 0.1) is 11.3 Å². The summed E-state index contributed by atoms with van der Waals surface area (Å²) in [5.41, 5.74) is 0.598. The Morgan fingerprint density at radius 2 is 1.62 bits per heavy atom. The van der Waals surface area contributed by atoms with Crippen molar-refractivity contribution in [2.24, 2.45) is 0 Å². The fourth-order valence-corrected chi connectivity index (χ4v) is 2.21. The zero-order valence-electron chi connectivity index (χ0n) is 13.6. The molecular formula is C18H13F3N4O. The Balaban J connectivity index is 1.77. The second kappa shape index (κ2) is 7.22. The number of carbonyl (C=O) groups excluding carboxylic acids is 1. The average Bonchev–Trinajstić information content (AvgIpc) is 2.68. The van der Waals surface area contributed by atoms with E-state index in [0.717, 1.165) is 12.1 Å². The first-order valence-corrected chi connectivity index (χ1v) is 7.53. The van der Waals surface area contributed by atoms with Crippen molar-refractivity contribution in [3.05, 3.63) is 77.9 Å².